The second-order valence-electron chi connectivity index (χ2n) is 5.84. The van der Waals surface area contributed by atoms with E-state index >= 15 is 0 Å². The molecule has 22 heavy (non-hydrogen) atoms. The van der Waals surface area contributed by atoms with E-state index in [1.54, 1.807) is 24.3 Å². The first-order chi connectivity index (χ1) is 10.4. The van der Waals surface area contributed by atoms with Gasteiger partial charge in [0.1, 0.15) is 5.60 Å². The van der Waals surface area contributed by atoms with E-state index in [1.165, 1.54) is 0 Å². The third-order valence-corrected chi connectivity index (χ3v) is 2.79. The topological polar surface area (TPSA) is 52.6 Å². The van der Waals surface area contributed by atoms with Crippen molar-refractivity contribution in [1.82, 2.24) is 0 Å². The lowest BCUT2D eigenvalue weighted by Gasteiger charge is -2.16. The highest BCUT2D eigenvalue weighted by atomic mass is 17.2. The van der Waals surface area contributed by atoms with Gasteiger partial charge in [0.05, 0.1) is 5.56 Å². The van der Waals surface area contributed by atoms with Gasteiger partial charge in [-0.2, -0.15) is 4.89 Å². The molecule has 0 spiro atoms. The standard InChI is InChI=1S/C11H14O3.C7H4O/c1-11(2,3)14-13-10(12)9-7-5-4-6-8-9;8-7-5-1-2-6(7)4-3-5/h4-8H,1-3H3;1-4H. The van der Waals surface area contributed by atoms with Gasteiger partial charge in [-0.1, -0.05) is 42.5 Å². The molecule has 2 aliphatic rings. The van der Waals surface area contributed by atoms with E-state index in [1.807, 2.05) is 51.1 Å². The molecule has 0 unspecified atom stereocenters. The second-order valence-corrected chi connectivity index (χ2v) is 5.84. The van der Waals surface area contributed by atoms with Gasteiger partial charge in [0.25, 0.3) is 0 Å². The van der Waals surface area contributed by atoms with Crippen LogP contribution in [0.4, 0.5) is 0 Å². The molecule has 0 atom stereocenters. The van der Waals surface area contributed by atoms with Gasteiger partial charge in [-0.3, -0.25) is 9.68 Å². The first-order valence-electron chi connectivity index (χ1n) is 6.97. The number of allylic oxidation sites excluding steroid dienone is 6. The predicted molar refractivity (Wildman–Crippen MR) is 83.0 cm³/mol. The van der Waals surface area contributed by atoms with Gasteiger partial charge in [-0.05, 0) is 32.9 Å². The van der Waals surface area contributed by atoms with E-state index < -0.39 is 11.6 Å². The van der Waals surface area contributed by atoms with Crippen molar-refractivity contribution in [3.05, 3.63) is 71.3 Å². The predicted octanol–water partition coefficient (Wildman–Crippen LogP) is 3.57. The van der Waals surface area contributed by atoms with Gasteiger partial charge in [-0.25, -0.2) is 4.79 Å². The van der Waals surface area contributed by atoms with Crippen molar-refractivity contribution in [1.29, 1.82) is 0 Å². The van der Waals surface area contributed by atoms with Crippen LogP contribution < -0.4 is 0 Å². The van der Waals surface area contributed by atoms with E-state index in [-0.39, 0.29) is 5.78 Å². The Bertz CT molecular complexity index is 634. The van der Waals surface area contributed by atoms with Crippen molar-refractivity contribution in [3.63, 3.8) is 0 Å². The van der Waals surface area contributed by atoms with Crippen molar-refractivity contribution in [2.75, 3.05) is 0 Å². The van der Waals surface area contributed by atoms with Gasteiger partial charge < -0.3 is 0 Å². The summed E-state index contributed by atoms with van der Waals surface area (Å²) in [5.41, 5.74) is 1.67. The second kappa shape index (κ2) is 6.54. The summed E-state index contributed by atoms with van der Waals surface area (Å²) in [6.45, 7) is 5.43. The minimum absolute atomic E-state index is 0.185. The quantitative estimate of drug-likeness (QED) is 0.619. The van der Waals surface area contributed by atoms with Crippen molar-refractivity contribution in [2.45, 2.75) is 26.4 Å². The van der Waals surface area contributed by atoms with Gasteiger partial charge in [0, 0.05) is 11.1 Å². The largest absolute Gasteiger partial charge is 0.373 e. The van der Waals surface area contributed by atoms with Crippen molar-refractivity contribution in [3.8, 4) is 0 Å². The molecule has 0 N–H and O–H groups in total. The van der Waals surface area contributed by atoms with E-state index in [4.69, 9.17) is 4.89 Å². The molecule has 0 fully saturated rings. The Balaban J connectivity index is 0.000000183. The third kappa shape index (κ3) is 4.27. The molecule has 0 heterocycles. The van der Waals surface area contributed by atoms with Crippen molar-refractivity contribution < 1.29 is 19.4 Å². The minimum Gasteiger partial charge on any atom is -0.292 e. The Labute approximate surface area is 129 Å². The SMILES string of the molecule is CC(C)(C)OOC(=O)c1ccccc1.O=C1C2=CC=C1C=C2. The fourth-order valence-electron chi connectivity index (χ4n) is 1.72. The molecule has 0 radical (unpaired) electrons. The molecule has 3 rings (SSSR count). The number of carbonyl (C=O) groups is 2. The van der Waals surface area contributed by atoms with Gasteiger partial charge in [0.2, 0.25) is 0 Å². The van der Waals surface area contributed by atoms with Crippen LogP contribution in [0.5, 0.6) is 0 Å². The molecule has 0 aliphatic heterocycles. The minimum atomic E-state index is -0.482. The molecule has 0 amide bonds. The smallest absolute Gasteiger partial charge is 0.292 e. The first-order valence-corrected chi connectivity index (χ1v) is 6.97. The molecule has 0 saturated heterocycles. The van der Waals surface area contributed by atoms with E-state index in [0.29, 0.717) is 5.56 Å². The molecule has 1 aromatic rings. The van der Waals surface area contributed by atoms with Crippen LogP contribution in [0.25, 0.3) is 0 Å². The highest BCUT2D eigenvalue weighted by Crippen LogP contribution is 2.23. The van der Waals surface area contributed by atoms with Gasteiger partial charge >= 0.3 is 5.97 Å². The van der Waals surface area contributed by atoms with Crippen LogP contribution >= 0.6 is 0 Å². The molecular formula is C18H18O4. The monoisotopic (exact) mass is 298 g/mol. The van der Waals surface area contributed by atoms with Gasteiger partial charge in [0.15, 0.2) is 5.78 Å². The number of hydrogen-bond donors (Lipinski definition) is 0. The summed E-state index contributed by atoms with van der Waals surface area (Å²) in [5.74, 6) is -0.287. The number of carbonyl (C=O) groups excluding carboxylic acids is 2. The number of ketones is 1. The lowest BCUT2D eigenvalue weighted by atomic mass is 10.2. The summed E-state index contributed by atoms with van der Waals surface area (Å²) >= 11 is 0. The fraction of sp³-hybridized carbons (Fsp3) is 0.222. The maximum atomic E-state index is 11.3. The maximum absolute atomic E-state index is 11.3. The summed E-state index contributed by atoms with van der Waals surface area (Å²) in [7, 11) is 0. The van der Waals surface area contributed by atoms with Crippen LogP contribution in [0.2, 0.25) is 0 Å². The van der Waals surface area contributed by atoms with Crippen LogP contribution in [0.3, 0.4) is 0 Å². The summed E-state index contributed by atoms with van der Waals surface area (Å²) in [6, 6.07) is 8.73. The van der Waals surface area contributed by atoms with Gasteiger partial charge in [-0.15, -0.1) is 0 Å². The molecule has 0 saturated carbocycles. The molecular weight excluding hydrogens is 280 g/mol. The van der Waals surface area contributed by atoms with Crippen molar-refractivity contribution >= 4 is 11.8 Å². The average Bonchev–Trinajstić information content (AvgIpc) is 3.03. The summed E-state index contributed by atoms with van der Waals surface area (Å²) in [4.78, 5) is 31.7. The van der Waals surface area contributed by atoms with Crippen molar-refractivity contribution in [2.24, 2.45) is 0 Å². The molecule has 4 nitrogen and oxygen atoms in total. The Morgan fingerprint density at radius 1 is 0.955 bits per heavy atom. The lowest BCUT2D eigenvalue weighted by Crippen LogP contribution is -2.21. The summed E-state index contributed by atoms with van der Waals surface area (Å²) in [6.07, 6.45) is 7.38. The van der Waals surface area contributed by atoms with Crippen LogP contribution in [-0.4, -0.2) is 17.4 Å². The average molecular weight is 298 g/mol. The molecule has 2 aliphatic carbocycles. The number of fused-ring (bicyclic) bond motifs is 2. The first kappa shape index (κ1) is 15.9. The zero-order valence-electron chi connectivity index (χ0n) is 12.8. The summed E-state index contributed by atoms with van der Waals surface area (Å²) < 4.78 is 0. The highest BCUT2D eigenvalue weighted by molar-refractivity contribution is 6.17. The zero-order chi connectivity index (χ0) is 16.2. The summed E-state index contributed by atoms with van der Waals surface area (Å²) in [5, 5.41) is 0. The molecule has 2 bridgehead atoms. The van der Waals surface area contributed by atoms with Crippen LogP contribution in [0.1, 0.15) is 31.1 Å². The Hall–Kier alpha value is -2.46. The van der Waals surface area contributed by atoms with E-state index in [0.717, 1.165) is 11.1 Å². The Morgan fingerprint density at radius 2 is 1.50 bits per heavy atom. The highest BCUT2D eigenvalue weighted by Gasteiger charge is 2.20. The number of Topliss-reactive ketones (excluding diaryl/α,β-unsaturated/α-hetero) is 1. The maximum Gasteiger partial charge on any atom is 0.373 e. The number of hydrogen-bond acceptors (Lipinski definition) is 4. The fourth-order valence-corrected chi connectivity index (χ4v) is 1.72. The Morgan fingerprint density at radius 3 is 1.86 bits per heavy atom. The van der Waals surface area contributed by atoms with E-state index in [2.05, 4.69) is 4.89 Å². The molecule has 0 aromatic heterocycles. The lowest BCUT2D eigenvalue weighted by molar-refractivity contribution is -0.301. The van der Waals surface area contributed by atoms with Crippen LogP contribution in [0, 0.1) is 0 Å². The van der Waals surface area contributed by atoms with E-state index in [9.17, 15) is 9.59 Å². The number of rotatable bonds is 2. The van der Waals surface area contributed by atoms with Crippen LogP contribution in [-0.2, 0) is 14.6 Å². The molecule has 1 aromatic carbocycles. The molecule has 114 valence electrons. The number of benzene rings is 1. The third-order valence-electron chi connectivity index (χ3n) is 2.79. The molecule has 4 heteroatoms. The normalized spacial score (nSPS) is 15.0. The Kier molecular flexibility index (Phi) is 4.73. The zero-order valence-corrected chi connectivity index (χ0v) is 12.8. The van der Waals surface area contributed by atoms with Crippen LogP contribution in [0.15, 0.2) is 65.8 Å².